The van der Waals surface area contributed by atoms with Gasteiger partial charge in [-0.05, 0) is 30.2 Å². The van der Waals surface area contributed by atoms with Gasteiger partial charge in [0.05, 0.1) is 6.04 Å². The van der Waals surface area contributed by atoms with Crippen molar-refractivity contribution in [2.24, 2.45) is 0 Å². The van der Waals surface area contributed by atoms with Gasteiger partial charge in [0.15, 0.2) is 0 Å². The van der Waals surface area contributed by atoms with Gasteiger partial charge in [0.2, 0.25) is 0 Å². The van der Waals surface area contributed by atoms with Gasteiger partial charge in [0.25, 0.3) is 0 Å². The van der Waals surface area contributed by atoms with Crippen molar-refractivity contribution >= 4 is 11.6 Å². The minimum atomic E-state index is -0.372. The molecule has 1 N–H and O–H groups in total. The maximum atomic E-state index is 9.76. The third-order valence-corrected chi connectivity index (χ3v) is 4.80. The van der Waals surface area contributed by atoms with Crippen molar-refractivity contribution in [1.29, 1.82) is 0 Å². The van der Waals surface area contributed by atoms with Gasteiger partial charge in [-0.15, -0.1) is 0 Å². The summed E-state index contributed by atoms with van der Waals surface area (Å²) in [6.07, 6.45) is -0.372. The highest BCUT2D eigenvalue weighted by atomic mass is 35.5. The quantitative estimate of drug-likeness (QED) is 0.931. The van der Waals surface area contributed by atoms with Gasteiger partial charge in [-0.2, -0.15) is 0 Å². The number of hydrogen-bond acceptors (Lipinski definition) is 3. The Kier molecular flexibility index (Phi) is 5.34. The molecule has 4 heteroatoms. The van der Waals surface area contributed by atoms with Crippen LogP contribution < -0.4 is 0 Å². The number of rotatable bonds is 4. The Hall–Kier alpha value is -1.39. The Balaban J connectivity index is 1.86. The molecular weight excluding hydrogens is 308 g/mol. The van der Waals surface area contributed by atoms with Crippen molar-refractivity contribution in [3.05, 3.63) is 70.7 Å². The Morgan fingerprint density at radius 3 is 1.91 bits per heavy atom. The summed E-state index contributed by atoms with van der Waals surface area (Å²) < 4.78 is 0. The van der Waals surface area contributed by atoms with Crippen molar-refractivity contribution in [3.8, 4) is 0 Å². The lowest BCUT2D eigenvalue weighted by atomic mass is 9.96. The van der Waals surface area contributed by atoms with Crippen LogP contribution >= 0.6 is 11.6 Å². The molecule has 0 aliphatic carbocycles. The molecule has 0 radical (unpaired) electrons. The van der Waals surface area contributed by atoms with E-state index in [0.717, 1.165) is 31.2 Å². The lowest BCUT2D eigenvalue weighted by Gasteiger charge is -2.40. The molecular formula is C19H23ClN2O. The average molecular weight is 331 g/mol. The van der Waals surface area contributed by atoms with Gasteiger partial charge in [-0.1, -0.05) is 54.1 Å². The van der Waals surface area contributed by atoms with E-state index in [-0.39, 0.29) is 12.3 Å². The van der Waals surface area contributed by atoms with E-state index in [1.165, 1.54) is 11.1 Å². The smallest absolute Gasteiger partial charge is 0.104 e. The first-order valence-electron chi connectivity index (χ1n) is 8.12. The third-order valence-electron chi connectivity index (χ3n) is 4.54. The zero-order valence-corrected chi connectivity index (χ0v) is 14.2. The van der Waals surface area contributed by atoms with Crippen LogP contribution in [-0.4, -0.2) is 47.3 Å². The van der Waals surface area contributed by atoms with E-state index in [9.17, 15) is 5.11 Å². The van der Waals surface area contributed by atoms with Crippen molar-refractivity contribution in [2.45, 2.75) is 19.2 Å². The second-order valence-corrected chi connectivity index (χ2v) is 6.51. The predicted molar refractivity (Wildman–Crippen MR) is 94.6 cm³/mol. The van der Waals surface area contributed by atoms with Crippen LogP contribution in [0.4, 0.5) is 0 Å². The number of aliphatic hydroxyl groups is 1. The SMILES string of the molecule is C[C@H](O)N1CCN([C@H](c2ccccc2)c2ccc(Cl)cc2)CC1. The normalized spacial score (nSPS) is 19.4. The fourth-order valence-corrected chi connectivity index (χ4v) is 3.39. The van der Waals surface area contributed by atoms with Gasteiger partial charge in [-0.25, -0.2) is 0 Å². The first-order valence-corrected chi connectivity index (χ1v) is 8.49. The van der Waals surface area contributed by atoms with Crippen LogP contribution in [-0.2, 0) is 0 Å². The molecule has 0 amide bonds. The minimum absolute atomic E-state index is 0.226. The summed E-state index contributed by atoms with van der Waals surface area (Å²) in [6, 6.07) is 19.0. The summed E-state index contributed by atoms with van der Waals surface area (Å²) >= 11 is 6.05. The maximum Gasteiger partial charge on any atom is 0.104 e. The van der Waals surface area contributed by atoms with Gasteiger partial charge >= 0.3 is 0 Å². The fourth-order valence-electron chi connectivity index (χ4n) is 3.26. The van der Waals surface area contributed by atoms with Crippen LogP contribution in [0.2, 0.25) is 5.02 Å². The summed E-state index contributed by atoms with van der Waals surface area (Å²) in [4.78, 5) is 4.60. The van der Waals surface area contributed by atoms with Gasteiger partial charge in [0, 0.05) is 31.2 Å². The second-order valence-electron chi connectivity index (χ2n) is 6.07. The number of nitrogens with zero attached hydrogens (tertiary/aromatic N) is 2. The van der Waals surface area contributed by atoms with Crippen LogP contribution in [0.1, 0.15) is 24.1 Å². The molecule has 0 saturated carbocycles. The third kappa shape index (κ3) is 3.93. The molecule has 2 atom stereocenters. The van der Waals surface area contributed by atoms with Gasteiger partial charge in [-0.3, -0.25) is 9.80 Å². The van der Waals surface area contributed by atoms with Crippen LogP contribution in [0.5, 0.6) is 0 Å². The summed E-state index contributed by atoms with van der Waals surface area (Å²) in [5, 5.41) is 10.5. The van der Waals surface area contributed by atoms with Crippen molar-refractivity contribution in [3.63, 3.8) is 0 Å². The van der Waals surface area contributed by atoms with Gasteiger partial charge in [0.1, 0.15) is 6.23 Å². The molecule has 23 heavy (non-hydrogen) atoms. The number of hydrogen-bond donors (Lipinski definition) is 1. The van der Waals surface area contributed by atoms with Crippen LogP contribution in [0.25, 0.3) is 0 Å². The van der Waals surface area contributed by atoms with E-state index in [1.54, 1.807) is 0 Å². The lowest BCUT2D eigenvalue weighted by molar-refractivity contribution is -0.0182. The van der Waals surface area contributed by atoms with Crippen LogP contribution in [0.3, 0.4) is 0 Å². The molecule has 2 aromatic carbocycles. The molecule has 3 rings (SSSR count). The van der Waals surface area contributed by atoms with Gasteiger partial charge < -0.3 is 5.11 Å². The highest BCUT2D eigenvalue weighted by Gasteiger charge is 2.27. The molecule has 0 bridgehead atoms. The van der Waals surface area contributed by atoms with E-state index in [4.69, 9.17) is 11.6 Å². The highest BCUT2D eigenvalue weighted by molar-refractivity contribution is 6.30. The Bertz CT molecular complexity index is 607. The minimum Gasteiger partial charge on any atom is -0.379 e. The van der Waals surface area contributed by atoms with Crippen molar-refractivity contribution in [2.75, 3.05) is 26.2 Å². The second kappa shape index (κ2) is 7.45. The summed E-state index contributed by atoms with van der Waals surface area (Å²) in [7, 11) is 0. The molecule has 1 saturated heterocycles. The predicted octanol–water partition coefficient (Wildman–Crippen LogP) is 3.39. The number of halogens is 1. The summed E-state index contributed by atoms with van der Waals surface area (Å²) in [5.74, 6) is 0. The van der Waals surface area contributed by atoms with E-state index < -0.39 is 0 Å². The molecule has 0 unspecified atom stereocenters. The Morgan fingerprint density at radius 2 is 1.35 bits per heavy atom. The van der Waals surface area contributed by atoms with E-state index in [1.807, 2.05) is 25.1 Å². The standard InChI is InChI=1S/C19H23ClN2O/c1-15(23)21-11-13-22(14-12-21)19(16-5-3-2-4-6-16)17-7-9-18(20)10-8-17/h2-10,15,19,23H,11-14H2,1H3/t15-,19+/m0/s1. The molecule has 1 heterocycles. The van der Waals surface area contributed by atoms with E-state index >= 15 is 0 Å². The monoisotopic (exact) mass is 330 g/mol. The highest BCUT2D eigenvalue weighted by Crippen LogP contribution is 2.30. The number of aliphatic hydroxyl groups excluding tert-OH is 1. The molecule has 1 aliphatic rings. The van der Waals surface area contributed by atoms with E-state index in [0.29, 0.717) is 0 Å². The molecule has 3 nitrogen and oxygen atoms in total. The topological polar surface area (TPSA) is 26.7 Å². The molecule has 1 aliphatic heterocycles. The molecule has 2 aromatic rings. The summed E-state index contributed by atoms with van der Waals surface area (Å²) in [6.45, 7) is 5.48. The van der Waals surface area contributed by atoms with Crippen LogP contribution in [0.15, 0.2) is 54.6 Å². The lowest BCUT2D eigenvalue weighted by Crippen LogP contribution is -2.50. The Morgan fingerprint density at radius 1 is 0.826 bits per heavy atom. The summed E-state index contributed by atoms with van der Waals surface area (Å²) in [5.41, 5.74) is 2.55. The molecule has 122 valence electrons. The number of benzene rings is 2. The largest absolute Gasteiger partial charge is 0.379 e. The zero-order chi connectivity index (χ0) is 16.2. The van der Waals surface area contributed by atoms with E-state index in [2.05, 4.69) is 46.2 Å². The van der Waals surface area contributed by atoms with Crippen molar-refractivity contribution < 1.29 is 5.11 Å². The molecule has 0 spiro atoms. The maximum absolute atomic E-state index is 9.76. The van der Waals surface area contributed by atoms with Crippen LogP contribution in [0, 0.1) is 0 Å². The van der Waals surface area contributed by atoms with Crippen molar-refractivity contribution in [1.82, 2.24) is 9.80 Å². The zero-order valence-electron chi connectivity index (χ0n) is 13.4. The Labute approximate surface area is 143 Å². The fraction of sp³-hybridized carbons (Fsp3) is 0.368. The first kappa shape index (κ1) is 16.5. The average Bonchev–Trinajstić information content (AvgIpc) is 2.58. The molecule has 1 fully saturated rings. The number of piperazine rings is 1. The first-order chi connectivity index (χ1) is 11.1. The molecule has 0 aromatic heterocycles.